The number of nitrogens with zero attached hydrogens (tertiary/aromatic N) is 2. The van der Waals surface area contributed by atoms with E-state index in [2.05, 4.69) is 19.2 Å². The minimum Gasteiger partial charge on any atom is -0.352 e. The van der Waals surface area contributed by atoms with Crippen LogP contribution in [0.25, 0.3) is 0 Å². The molecule has 1 unspecified atom stereocenters. The third-order valence-electron chi connectivity index (χ3n) is 6.76. The van der Waals surface area contributed by atoms with E-state index in [1.54, 1.807) is 30.3 Å². The summed E-state index contributed by atoms with van der Waals surface area (Å²) in [6.45, 7) is 9.57. The van der Waals surface area contributed by atoms with Gasteiger partial charge in [0.05, 0.1) is 10.6 Å². The molecule has 0 aliphatic carbocycles. The van der Waals surface area contributed by atoms with Crippen molar-refractivity contribution in [3.8, 4) is 0 Å². The van der Waals surface area contributed by atoms with E-state index in [9.17, 15) is 18.0 Å². The molecule has 1 atom stereocenters. The van der Waals surface area contributed by atoms with E-state index in [1.807, 2.05) is 63.2 Å². The highest BCUT2D eigenvalue weighted by Gasteiger charge is 2.33. The van der Waals surface area contributed by atoms with Gasteiger partial charge >= 0.3 is 0 Å². The van der Waals surface area contributed by atoms with Crippen LogP contribution in [-0.2, 0) is 26.0 Å². The van der Waals surface area contributed by atoms with Gasteiger partial charge in [0.2, 0.25) is 11.8 Å². The lowest BCUT2D eigenvalue weighted by Gasteiger charge is -2.33. The van der Waals surface area contributed by atoms with Crippen molar-refractivity contribution in [2.75, 3.05) is 17.4 Å². The molecule has 3 aromatic carbocycles. The van der Waals surface area contributed by atoms with Gasteiger partial charge in [-0.25, -0.2) is 8.42 Å². The van der Waals surface area contributed by atoms with E-state index in [-0.39, 0.29) is 29.3 Å². The average molecular weight is 564 g/mol. The van der Waals surface area contributed by atoms with Gasteiger partial charge in [0.1, 0.15) is 12.6 Å². The Morgan fingerprint density at radius 1 is 0.825 bits per heavy atom. The maximum atomic E-state index is 14.0. The topological polar surface area (TPSA) is 86.8 Å². The molecule has 214 valence electrons. The van der Waals surface area contributed by atoms with Gasteiger partial charge in [-0.2, -0.15) is 0 Å². The van der Waals surface area contributed by atoms with Crippen molar-refractivity contribution in [1.29, 1.82) is 0 Å². The third-order valence-corrected chi connectivity index (χ3v) is 8.55. The Balaban J connectivity index is 2.01. The maximum Gasteiger partial charge on any atom is 0.264 e. The summed E-state index contributed by atoms with van der Waals surface area (Å²) in [6.07, 6.45) is 0.931. The third kappa shape index (κ3) is 7.94. The second kappa shape index (κ2) is 14.1. The second-order valence-electron chi connectivity index (χ2n) is 10.5. The smallest absolute Gasteiger partial charge is 0.264 e. The van der Waals surface area contributed by atoms with Gasteiger partial charge in [-0.1, -0.05) is 81.4 Å². The van der Waals surface area contributed by atoms with Crippen LogP contribution in [-0.4, -0.2) is 50.3 Å². The zero-order valence-electron chi connectivity index (χ0n) is 24.1. The predicted molar refractivity (Wildman–Crippen MR) is 161 cm³/mol. The van der Waals surface area contributed by atoms with Gasteiger partial charge < -0.3 is 10.2 Å². The van der Waals surface area contributed by atoms with Crippen LogP contribution in [0.4, 0.5) is 5.69 Å². The Hall–Kier alpha value is -3.65. The molecule has 0 bridgehead atoms. The lowest BCUT2D eigenvalue weighted by atomic mass is 10.0. The number of benzene rings is 3. The zero-order chi connectivity index (χ0) is 29.3. The molecule has 3 aromatic rings. The van der Waals surface area contributed by atoms with E-state index < -0.39 is 28.5 Å². The first-order valence-electron chi connectivity index (χ1n) is 13.9. The first-order valence-corrected chi connectivity index (χ1v) is 15.3. The van der Waals surface area contributed by atoms with Gasteiger partial charge in [0.15, 0.2) is 0 Å². The molecule has 3 rings (SSSR count). The number of hydrogen-bond acceptors (Lipinski definition) is 4. The van der Waals surface area contributed by atoms with Crippen molar-refractivity contribution >= 4 is 27.5 Å². The van der Waals surface area contributed by atoms with Crippen molar-refractivity contribution < 1.29 is 18.0 Å². The van der Waals surface area contributed by atoms with E-state index in [1.165, 1.54) is 17.0 Å². The maximum absolute atomic E-state index is 14.0. The molecule has 2 amide bonds. The molecular formula is C32H41N3O4S. The predicted octanol–water partition coefficient (Wildman–Crippen LogP) is 5.38. The molecule has 40 heavy (non-hydrogen) atoms. The van der Waals surface area contributed by atoms with E-state index in [0.717, 1.165) is 15.4 Å². The van der Waals surface area contributed by atoms with Crippen LogP contribution in [0.1, 0.15) is 58.1 Å². The number of carbonyl (C=O) groups is 2. The van der Waals surface area contributed by atoms with E-state index >= 15 is 0 Å². The normalized spacial score (nSPS) is 12.3. The molecule has 0 fully saturated rings. The summed E-state index contributed by atoms with van der Waals surface area (Å²) in [6, 6.07) is 24.2. The highest BCUT2D eigenvalue weighted by molar-refractivity contribution is 7.92. The number of carbonyl (C=O) groups excluding carboxylic acids is 2. The summed E-state index contributed by atoms with van der Waals surface area (Å²) in [7, 11) is -4.07. The van der Waals surface area contributed by atoms with Gasteiger partial charge in [0, 0.05) is 12.6 Å². The van der Waals surface area contributed by atoms with Gasteiger partial charge in [-0.05, 0) is 68.0 Å². The van der Waals surface area contributed by atoms with Crippen LogP contribution < -0.4 is 9.62 Å². The van der Waals surface area contributed by atoms with Gasteiger partial charge in [-0.3, -0.25) is 13.9 Å². The fourth-order valence-electron chi connectivity index (χ4n) is 4.55. The van der Waals surface area contributed by atoms with Crippen LogP contribution in [0.3, 0.4) is 0 Å². The average Bonchev–Trinajstić information content (AvgIpc) is 2.94. The summed E-state index contributed by atoms with van der Waals surface area (Å²) in [5.41, 5.74) is 2.48. The Morgan fingerprint density at radius 2 is 1.40 bits per heavy atom. The Morgan fingerprint density at radius 3 is 1.93 bits per heavy atom. The molecule has 0 saturated carbocycles. The molecule has 0 aliphatic rings. The number of nitrogens with one attached hydrogen (secondary N) is 1. The van der Waals surface area contributed by atoms with Crippen molar-refractivity contribution in [3.63, 3.8) is 0 Å². The Labute approximate surface area is 239 Å². The molecule has 0 aromatic heterocycles. The number of amides is 2. The minimum atomic E-state index is -4.07. The number of hydrogen-bond donors (Lipinski definition) is 1. The largest absolute Gasteiger partial charge is 0.352 e. The molecule has 0 saturated heterocycles. The van der Waals surface area contributed by atoms with Crippen LogP contribution in [0.15, 0.2) is 89.8 Å². The van der Waals surface area contributed by atoms with Gasteiger partial charge in [-0.15, -0.1) is 0 Å². The standard InChI is InChI=1S/C32H41N3O4S/c1-6-30(32(37)33-25(4)5)34(22-21-26-13-9-7-10-14-26)31(36)23-35(28-19-17-27(18-20-28)24(2)3)40(38,39)29-15-11-8-12-16-29/h7-20,24-25,30H,6,21-23H2,1-5H3,(H,33,37). The van der Waals surface area contributed by atoms with Crippen molar-refractivity contribution in [3.05, 3.63) is 96.1 Å². The SMILES string of the molecule is CCC(C(=O)NC(C)C)N(CCc1ccccc1)C(=O)CN(c1ccc(C(C)C)cc1)S(=O)(=O)c1ccccc1. The summed E-state index contributed by atoms with van der Waals surface area (Å²) in [5, 5.41) is 2.92. The van der Waals surface area contributed by atoms with Crippen molar-refractivity contribution in [2.24, 2.45) is 0 Å². The first kappa shape index (κ1) is 30.9. The fourth-order valence-corrected chi connectivity index (χ4v) is 5.99. The summed E-state index contributed by atoms with van der Waals surface area (Å²) in [4.78, 5) is 28.8. The van der Waals surface area contributed by atoms with E-state index in [0.29, 0.717) is 18.5 Å². The highest BCUT2D eigenvalue weighted by Crippen LogP contribution is 2.26. The molecule has 0 aliphatic heterocycles. The minimum absolute atomic E-state index is 0.0937. The fraction of sp³-hybridized carbons (Fsp3) is 0.375. The molecule has 0 radical (unpaired) electrons. The van der Waals surface area contributed by atoms with Crippen LogP contribution in [0, 0.1) is 0 Å². The highest BCUT2D eigenvalue weighted by atomic mass is 32.2. The van der Waals surface area contributed by atoms with Gasteiger partial charge in [0.25, 0.3) is 10.0 Å². The molecular weight excluding hydrogens is 522 g/mol. The molecule has 0 spiro atoms. The molecule has 0 heterocycles. The Kier molecular flexibility index (Phi) is 10.9. The molecule has 7 nitrogen and oxygen atoms in total. The van der Waals surface area contributed by atoms with Crippen LogP contribution >= 0.6 is 0 Å². The molecule has 1 N–H and O–H groups in total. The monoisotopic (exact) mass is 563 g/mol. The lowest BCUT2D eigenvalue weighted by molar-refractivity contribution is -0.139. The van der Waals surface area contributed by atoms with E-state index in [4.69, 9.17) is 0 Å². The van der Waals surface area contributed by atoms with Crippen molar-refractivity contribution in [1.82, 2.24) is 10.2 Å². The summed E-state index contributed by atoms with van der Waals surface area (Å²) < 4.78 is 28.9. The number of rotatable bonds is 13. The summed E-state index contributed by atoms with van der Waals surface area (Å²) >= 11 is 0. The Bertz CT molecular complexity index is 1340. The number of sulfonamides is 1. The second-order valence-corrected chi connectivity index (χ2v) is 12.3. The molecule has 8 heteroatoms. The van der Waals surface area contributed by atoms with Crippen LogP contribution in [0.2, 0.25) is 0 Å². The summed E-state index contributed by atoms with van der Waals surface area (Å²) in [5.74, 6) is -0.417. The number of anilines is 1. The quantitative estimate of drug-likeness (QED) is 0.303. The first-order chi connectivity index (χ1) is 19.0. The zero-order valence-corrected chi connectivity index (χ0v) is 24.9. The van der Waals surface area contributed by atoms with Crippen LogP contribution in [0.5, 0.6) is 0 Å². The lowest BCUT2D eigenvalue weighted by Crippen LogP contribution is -2.54. The van der Waals surface area contributed by atoms with Crippen molar-refractivity contribution in [2.45, 2.75) is 70.4 Å².